The highest BCUT2D eigenvalue weighted by molar-refractivity contribution is 4.77. The minimum absolute atomic E-state index is 0.448. The van der Waals surface area contributed by atoms with Crippen LogP contribution in [0.1, 0.15) is 41.0 Å². The third-order valence-corrected chi connectivity index (χ3v) is 1.74. The Bertz CT molecular complexity index is 119. The van der Waals surface area contributed by atoms with Gasteiger partial charge in [-0.25, -0.2) is 0 Å². The van der Waals surface area contributed by atoms with Crippen LogP contribution in [0.2, 0.25) is 0 Å². The lowest BCUT2D eigenvalue weighted by Gasteiger charge is -2.26. The number of rotatable bonds is 5. The van der Waals surface area contributed by atoms with E-state index in [0.29, 0.717) is 18.5 Å². The standard InChI is InChI=1S/C10H23NO/c1-8(2)6-10(5,12)7-11-9(3)4/h8-9,11-12H,6-7H2,1-5H3. The van der Waals surface area contributed by atoms with Gasteiger partial charge in [-0.15, -0.1) is 0 Å². The Morgan fingerprint density at radius 2 is 1.75 bits per heavy atom. The molecule has 74 valence electrons. The summed E-state index contributed by atoms with van der Waals surface area (Å²) in [5, 5.41) is 13.1. The first-order valence-electron chi connectivity index (χ1n) is 4.79. The lowest BCUT2D eigenvalue weighted by molar-refractivity contribution is 0.0368. The van der Waals surface area contributed by atoms with Gasteiger partial charge in [0.05, 0.1) is 5.60 Å². The second-order valence-corrected chi connectivity index (χ2v) is 4.63. The molecule has 0 saturated carbocycles. The lowest BCUT2D eigenvalue weighted by Crippen LogP contribution is -2.41. The molecule has 2 heteroatoms. The fourth-order valence-corrected chi connectivity index (χ4v) is 1.38. The van der Waals surface area contributed by atoms with Crippen molar-refractivity contribution in [1.82, 2.24) is 5.32 Å². The van der Waals surface area contributed by atoms with Crippen molar-refractivity contribution in [3.63, 3.8) is 0 Å². The van der Waals surface area contributed by atoms with Crippen LogP contribution in [0.25, 0.3) is 0 Å². The molecule has 2 N–H and O–H groups in total. The van der Waals surface area contributed by atoms with E-state index in [0.717, 1.165) is 6.42 Å². The van der Waals surface area contributed by atoms with Gasteiger partial charge in [0.2, 0.25) is 0 Å². The van der Waals surface area contributed by atoms with Gasteiger partial charge in [0, 0.05) is 12.6 Å². The highest BCUT2D eigenvalue weighted by atomic mass is 16.3. The second-order valence-electron chi connectivity index (χ2n) is 4.63. The summed E-state index contributed by atoms with van der Waals surface area (Å²) in [6.07, 6.45) is 0.854. The van der Waals surface area contributed by atoms with Crippen LogP contribution in [0, 0.1) is 5.92 Å². The van der Waals surface area contributed by atoms with Crippen molar-refractivity contribution in [3.8, 4) is 0 Å². The van der Waals surface area contributed by atoms with Gasteiger partial charge in [0.15, 0.2) is 0 Å². The van der Waals surface area contributed by atoms with Gasteiger partial charge >= 0.3 is 0 Å². The molecule has 0 rings (SSSR count). The summed E-state index contributed by atoms with van der Waals surface area (Å²) < 4.78 is 0. The molecule has 0 bridgehead atoms. The summed E-state index contributed by atoms with van der Waals surface area (Å²) in [5.74, 6) is 0.550. The molecule has 1 unspecified atom stereocenters. The van der Waals surface area contributed by atoms with Crippen molar-refractivity contribution in [2.45, 2.75) is 52.7 Å². The largest absolute Gasteiger partial charge is 0.389 e. The average Bonchev–Trinajstić information content (AvgIpc) is 1.81. The maximum Gasteiger partial charge on any atom is 0.0746 e. The molecule has 12 heavy (non-hydrogen) atoms. The van der Waals surface area contributed by atoms with E-state index >= 15 is 0 Å². The fraction of sp³-hybridized carbons (Fsp3) is 1.00. The smallest absolute Gasteiger partial charge is 0.0746 e. The molecule has 0 heterocycles. The van der Waals surface area contributed by atoms with Crippen LogP contribution in [0.4, 0.5) is 0 Å². The summed E-state index contributed by atoms with van der Waals surface area (Å²) in [4.78, 5) is 0. The van der Waals surface area contributed by atoms with Crippen LogP contribution >= 0.6 is 0 Å². The van der Waals surface area contributed by atoms with E-state index in [1.807, 2.05) is 6.92 Å². The minimum atomic E-state index is -0.557. The zero-order valence-corrected chi connectivity index (χ0v) is 9.02. The van der Waals surface area contributed by atoms with E-state index < -0.39 is 5.60 Å². The van der Waals surface area contributed by atoms with Gasteiger partial charge < -0.3 is 10.4 Å². The molecule has 0 fully saturated rings. The van der Waals surface area contributed by atoms with Gasteiger partial charge in [-0.2, -0.15) is 0 Å². The summed E-state index contributed by atoms with van der Waals surface area (Å²) in [7, 11) is 0. The molecular formula is C10H23NO. The zero-order chi connectivity index (χ0) is 9.78. The van der Waals surface area contributed by atoms with E-state index in [9.17, 15) is 5.11 Å². The van der Waals surface area contributed by atoms with Crippen LogP contribution in [-0.2, 0) is 0 Å². The van der Waals surface area contributed by atoms with E-state index in [1.165, 1.54) is 0 Å². The highest BCUT2D eigenvalue weighted by Crippen LogP contribution is 2.14. The molecule has 0 aromatic carbocycles. The third-order valence-electron chi connectivity index (χ3n) is 1.74. The average molecular weight is 173 g/mol. The van der Waals surface area contributed by atoms with Crippen molar-refractivity contribution < 1.29 is 5.11 Å². The molecule has 1 atom stereocenters. The summed E-state index contributed by atoms with van der Waals surface area (Å²) in [6.45, 7) is 11.0. The minimum Gasteiger partial charge on any atom is -0.389 e. The molecule has 0 aliphatic heterocycles. The molecular weight excluding hydrogens is 150 g/mol. The Morgan fingerprint density at radius 3 is 2.08 bits per heavy atom. The second kappa shape index (κ2) is 4.83. The molecule has 2 nitrogen and oxygen atoms in total. The Balaban J connectivity index is 3.71. The van der Waals surface area contributed by atoms with Crippen molar-refractivity contribution in [1.29, 1.82) is 0 Å². The Kier molecular flexibility index (Phi) is 4.80. The van der Waals surface area contributed by atoms with E-state index in [2.05, 4.69) is 33.0 Å². The molecule has 0 spiro atoms. The van der Waals surface area contributed by atoms with E-state index in [1.54, 1.807) is 0 Å². The summed E-state index contributed by atoms with van der Waals surface area (Å²) in [5.41, 5.74) is -0.557. The first-order chi connectivity index (χ1) is 5.33. The van der Waals surface area contributed by atoms with E-state index in [4.69, 9.17) is 0 Å². The van der Waals surface area contributed by atoms with Crippen LogP contribution in [0.5, 0.6) is 0 Å². The molecule has 0 aromatic heterocycles. The molecule has 0 radical (unpaired) electrons. The fourth-order valence-electron chi connectivity index (χ4n) is 1.38. The first-order valence-corrected chi connectivity index (χ1v) is 4.79. The van der Waals surface area contributed by atoms with Crippen molar-refractivity contribution in [2.24, 2.45) is 5.92 Å². The summed E-state index contributed by atoms with van der Waals surface area (Å²) >= 11 is 0. The topological polar surface area (TPSA) is 32.3 Å². The predicted octanol–water partition coefficient (Wildman–Crippen LogP) is 1.78. The Labute approximate surface area is 76.4 Å². The summed E-state index contributed by atoms with van der Waals surface area (Å²) in [6, 6.07) is 0.448. The zero-order valence-electron chi connectivity index (χ0n) is 9.02. The normalized spacial score (nSPS) is 17.0. The number of aliphatic hydroxyl groups is 1. The first kappa shape index (κ1) is 11.9. The van der Waals surface area contributed by atoms with Crippen LogP contribution in [-0.4, -0.2) is 23.3 Å². The number of hydrogen-bond donors (Lipinski definition) is 2. The van der Waals surface area contributed by atoms with Crippen molar-refractivity contribution in [3.05, 3.63) is 0 Å². The predicted molar refractivity (Wildman–Crippen MR) is 53.2 cm³/mol. The maximum atomic E-state index is 9.87. The quantitative estimate of drug-likeness (QED) is 0.664. The van der Waals surface area contributed by atoms with Gasteiger partial charge in [0.25, 0.3) is 0 Å². The molecule has 0 aliphatic carbocycles. The number of nitrogens with one attached hydrogen (secondary N) is 1. The van der Waals surface area contributed by atoms with Gasteiger partial charge in [-0.3, -0.25) is 0 Å². The van der Waals surface area contributed by atoms with Gasteiger partial charge in [-0.05, 0) is 19.3 Å². The molecule has 0 aliphatic rings. The van der Waals surface area contributed by atoms with Crippen molar-refractivity contribution >= 4 is 0 Å². The lowest BCUT2D eigenvalue weighted by atomic mass is 9.94. The maximum absolute atomic E-state index is 9.87. The van der Waals surface area contributed by atoms with Gasteiger partial charge in [0.1, 0.15) is 0 Å². The Hall–Kier alpha value is -0.0800. The van der Waals surface area contributed by atoms with E-state index in [-0.39, 0.29) is 0 Å². The Morgan fingerprint density at radius 1 is 1.25 bits per heavy atom. The molecule has 0 aromatic rings. The van der Waals surface area contributed by atoms with Crippen molar-refractivity contribution in [2.75, 3.05) is 6.54 Å². The number of hydrogen-bond acceptors (Lipinski definition) is 2. The molecule has 0 saturated heterocycles. The van der Waals surface area contributed by atoms with Gasteiger partial charge in [-0.1, -0.05) is 27.7 Å². The SMILES string of the molecule is CC(C)CC(C)(O)CNC(C)C. The van der Waals surface area contributed by atoms with Crippen LogP contribution in [0.15, 0.2) is 0 Å². The van der Waals surface area contributed by atoms with Crippen LogP contribution in [0.3, 0.4) is 0 Å². The highest BCUT2D eigenvalue weighted by Gasteiger charge is 2.21. The molecule has 0 amide bonds. The third kappa shape index (κ3) is 6.62. The van der Waals surface area contributed by atoms with Crippen LogP contribution < -0.4 is 5.32 Å². The monoisotopic (exact) mass is 173 g/mol.